The lowest BCUT2D eigenvalue weighted by Crippen LogP contribution is -2.40. The number of anilines is 1. The average Bonchev–Trinajstić information content (AvgIpc) is 2.68. The molecule has 6 heteroatoms. The van der Waals surface area contributed by atoms with Crippen molar-refractivity contribution in [1.29, 1.82) is 0 Å². The molecule has 1 saturated carbocycles. The zero-order valence-electron chi connectivity index (χ0n) is 16.4. The molecule has 1 aliphatic heterocycles. The van der Waals surface area contributed by atoms with E-state index in [-0.39, 0.29) is 30.1 Å². The van der Waals surface area contributed by atoms with Gasteiger partial charge in [0, 0.05) is 36.3 Å². The van der Waals surface area contributed by atoms with Crippen LogP contribution in [0.1, 0.15) is 62.2 Å². The molecule has 1 heterocycles. The third kappa shape index (κ3) is 5.69. The van der Waals surface area contributed by atoms with Crippen LogP contribution in [0.25, 0.3) is 0 Å². The van der Waals surface area contributed by atoms with Crippen molar-refractivity contribution in [2.75, 3.05) is 18.9 Å². The summed E-state index contributed by atoms with van der Waals surface area (Å²) in [5.41, 5.74) is 1.45. The van der Waals surface area contributed by atoms with Crippen molar-refractivity contribution in [3.8, 4) is 0 Å². The van der Waals surface area contributed by atoms with Crippen LogP contribution in [0.15, 0.2) is 24.3 Å². The minimum absolute atomic E-state index is 0. The second-order valence-corrected chi connectivity index (χ2v) is 7.85. The fourth-order valence-electron chi connectivity index (χ4n) is 4.15. The summed E-state index contributed by atoms with van der Waals surface area (Å²) in [4.78, 5) is 27.0. The van der Waals surface area contributed by atoms with Crippen LogP contribution in [0.2, 0.25) is 0 Å². The topological polar surface area (TPSA) is 61.4 Å². The highest BCUT2D eigenvalue weighted by molar-refractivity contribution is 5.96. The van der Waals surface area contributed by atoms with Crippen LogP contribution in [0.4, 0.5) is 5.69 Å². The smallest absolute Gasteiger partial charge is 0.253 e. The zero-order valence-corrected chi connectivity index (χ0v) is 17.2. The number of rotatable bonds is 4. The van der Waals surface area contributed by atoms with E-state index in [0.29, 0.717) is 17.6 Å². The van der Waals surface area contributed by atoms with Crippen molar-refractivity contribution in [2.24, 2.45) is 5.92 Å². The van der Waals surface area contributed by atoms with Crippen LogP contribution in [0.3, 0.4) is 0 Å². The van der Waals surface area contributed by atoms with E-state index < -0.39 is 0 Å². The molecule has 27 heavy (non-hydrogen) atoms. The first-order chi connectivity index (χ1) is 12.5. The van der Waals surface area contributed by atoms with Gasteiger partial charge in [-0.25, -0.2) is 0 Å². The van der Waals surface area contributed by atoms with E-state index in [1.807, 2.05) is 36.2 Å². The summed E-state index contributed by atoms with van der Waals surface area (Å²) < 4.78 is 0. The fourth-order valence-corrected chi connectivity index (χ4v) is 4.15. The number of benzene rings is 1. The Labute approximate surface area is 168 Å². The summed E-state index contributed by atoms with van der Waals surface area (Å²) in [5.74, 6) is 0.212. The maximum absolute atomic E-state index is 12.7. The van der Waals surface area contributed by atoms with Crippen molar-refractivity contribution in [3.63, 3.8) is 0 Å². The Kier molecular flexibility index (Phi) is 8.11. The second-order valence-electron chi connectivity index (χ2n) is 7.85. The molecular weight excluding hydrogens is 362 g/mol. The summed E-state index contributed by atoms with van der Waals surface area (Å²) >= 11 is 0. The number of nitrogens with zero attached hydrogens (tertiary/aromatic N) is 1. The molecule has 1 aliphatic carbocycles. The van der Waals surface area contributed by atoms with Gasteiger partial charge in [0.15, 0.2) is 0 Å². The Morgan fingerprint density at radius 2 is 1.74 bits per heavy atom. The van der Waals surface area contributed by atoms with Gasteiger partial charge in [0.25, 0.3) is 5.91 Å². The molecule has 150 valence electrons. The number of amides is 2. The summed E-state index contributed by atoms with van der Waals surface area (Å²) in [5, 5.41) is 6.37. The number of hydrogen-bond acceptors (Lipinski definition) is 3. The molecule has 0 bridgehead atoms. The van der Waals surface area contributed by atoms with Crippen molar-refractivity contribution in [1.82, 2.24) is 10.2 Å². The third-order valence-electron chi connectivity index (χ3n) is 5.84. The van der Waals surface area contributed by atoms with E-state index in [9.17, 15) is 9.59 Å². The van der Waals surface area contributed by atoms with E-state index in [1.165, 1.54) is 19.3 Å². The van der Waals surface area contributed by atoms with Crippen LogP contribution in [-0.2, 0) is 4.79 Å². The van der Waals surface area contributed by atoms with Gasteiger partial charge in [-0.1, -0.05) is 19.3 Å². The first-order valence-corrected chi connectivity index (χ1v) is 9.96. The summed E-state index contributed by atoms with van der Waals surface area (Å²) in [7, 11) is 1.91. The van der Waals surface area contributed by atoms with Crippen molar-refractivity contribution in [2.45, 2.75) is 64.0 Å². The van der Waals surface area contributed by atoms with Crippen LogP contribution in [-0.4, -0.2) is 42.4 Å². The number of piperidine rings is 1. The molecule has 2 N–H and O–H groups in total. The van der Waals surface area contributed by atoms with Gasteiger partial charge in [0.1, 0.15) is 0 Å². The SMILES string of the molecule is C[C@H]1C[C@@H](C(=O)Nc2ccc(C(=O)N(C)C3CCCCC3)cc2)CCN1.Cl. The van der Waals surface area contributed by atoms with Crippen molar-refractivity contribution >= 4 is 29.9 Å². The lowest BCUT2D eigenvalue weighted by Gasteiger charge is -2.31. The maximum atomic E-state index is 12.7. The molecule has 1 aromatic rings. The van der Waals surface area contributed by atoms with Gasteiger partial charge in [-0.15, -0.1) is 12.4 Å². The number of halogens is 1. The number of hydrogen-bond donors (Lipinski definition) is 2. The molecule has 0 unspecified atom stereocenters. The van der Waals surface area contributed by atoms with Crippen LogP contribution in [0.5, 0.6) is 0 Å². The Bertz CT molecular complexity index is 629. The molecule has 2 atom stereocenters. The summed E-state index contributed by atoms with van der Waals surface area (Å²) in [6, 6.07) is 8.06. The quantitative estimate of drug-likeness (QED) is 0.816. The van der Waals surface area contributed by atoms with Gasteiger partial charge >= 0.3 is 0 Å². The average molecular weight is 394 g/mol. The Morgan fingerprint density at radius 1 is 1.07 bits per heavy atom. The van der Waals surface area contributed by atoms with Crippen molar-refractivity contribution in [3.05, 3.63) is 29.8 Å². The fraction of sp³-hybridized carbons (Fsp3) is 0.619. The Hall–Kier alpha value is -1.59. The molecule has 3 rings (SSSR count). The maximum Gasteiger partial charge on any atom is 0.253 e. The van der Waals surface area contributed by atoms with Gasteiger partial charge in [-0.05, 0) is 63.4 Å². The van der Waals surface area contributed by atoms with Crippen LogP contribution < -0.4 is 10.6 Å². The van der Waals surface area contributed by atoms with Gasteiger partial charge in [0.2, 0.25) is 5.91 Å². The molecule has 0 spiro atoms. The predicted octanol–water partition coefficient (Wildman–Crippen LogP) is 3.84. The second kappa shape index (κ2) is 10.1. The van der Waals surface area contributed by atoms with Gasteiger partial charge in [-0.3, -0.25) is 9.59 Å². The molecule has 2 fully saturated rings. The van der Waals surface area contributed by atoms with E-state index in [0.717, 1.165) is 37.9 Å². The standard InChI is InChI=1S/C21H31N3O2.ClH/c1-15-14-17(12-13-22-15)20(25)23-18-10-8-16(9-11-18)21(26)24(2)19-6-4-3-5-7-19;/h8-11,15,17,19,22H,3-7,12-14H2,1-2H3,(H,23,25);1H/t15-,17-;/m0./s1. The predicted molar refractivity (Wildman–Crippen MR) is 111 cm³/mol. The largest absolute Gasteiger partial charge is 0.339 e. The minimum atomic E-state index is 0. The van der Waals surface area contributed by atoms with E-state index in [2.05, 4.69) is 17.6 Å². The molecule has 2 aliphatic rings. The molecule has 2 amide bonds. The highest BCUT2D eigenvalue weighted by Crippen LogP contribution is 2.23. The summed E-state index contributed by atoms with van der Waals surface area (Å²) in [6.07, 6.45) is 7.65. The molecule has 1 saturated heterocycles. The van der Waals surface area contributed by atoms with E-state index >= 15 is 0 Å². The lowest BCUT2D eigenvalue weighted by molar-refractivity contribution is -0.120. The Morgan fingerprint density at radius 3 is 2.37 bits per heavy atom. The van der Waals surface area contributed by atoms with Crippen LogP contribution >= 0.6 is 12.4 Å². The highest BCUT2D eigenvalue weighted by atomic mass is 35.5. The van der Waals surface area contributed by atoms with Gasteiger partial charge in [-0.2, -0.15) is 0 Å². The summed E-state index contributed by atoms with van der Waals surface area (Å²) in [6.45, 7) is 3.00. The van der Waals surface area contributed by atoms with E-state index in [4.69, 9.17) is 0 Å². The molecule has 0 radical (unpaired) electrons. The molecule has 5 nitrogen and oxygen atoms in total. The number of nitrogens with one attached hydrogen (secondary N) is 2. The van der Waals surface area contributed by atoms with Crippen molar-refractivity contribution < 1.29 is 9.59 Å². The third-order valence-corrected chi connectivity index (χ3v) is 5.84. The number of carbonyl (C=O) groups excluding carboxylic acids is 2. The van der Waals surface area contributed by atoms with Gasteiger partial charge < -0.3 is 15.5 Å². The lowest BCUT2D eigenvalue weighted by atomic mass is 9.92. The molecule has 0 aromatic heterocycles. The zero-order chi connectivity index (χ0) is 18.5. The highest BCUT2D eigenvalue weighted by Gasteiger charge is 2.25. The monoisotopic (exact) mass is 393 g/mol. The minimum Gasteiger partial charge on any atom is -0.339 e. The number of carbonyl (C=O) groups is 2. The first-order valence-electron chi connectivity index (χ1n) is 9.96. The first kappa shape index (κ1) is 21.7. The van der Waals surface area contributed by atoms with Crippen LogP contribution in [0, 0.1) is 5.92 Å². The molecular formula is C21H32ClN3O2. The Balaban J connectivity index is 0.00000261. The normalized spacial score (nSPS) is 23.2. The van der Waals surface area contributed by atoms with Gasteiger partial charge in [0.05, 0.1) is 0 Å². The van der Waals surface area contributed by atoms with E-state index in [1.54, 1.807) is 0 Å². The molecule has 1 aromatic carbocycles.